The van der Waals surface area contributed by atoms with E-state index in [2.05, 4.69) is 20.2 Å². The van der Waals surface area contributed by atoms with Crippen molar-refractivity contribution in [3.63, 3.8) is 0 Å². The fourth-order valence-corrected chi connectivity index (χ4v) is 3.64. The maximum atomic E-state index is 11.7. The van der Waals surface area contributed by atoms with E-state index < -0.39 is 0 Å². The normalized spacial score (nSPS) is 12.6. The van der Waals surface area contributed by atoms with E-state index >= 15 is 0 Å². The van der Waals surface area contributed by atoms with Crippen molar-refractivity contribution in [2.45, 2.75) is 19.9 Å². The van der Waals surface area contributed by atoms with E-state index in [9.17, 15) is 9.90 Å². The van der Waals surface area contributed by atoms with Gasteiger partial charge in [0.2, 0.25) is 0 Å². The number of aromatic amines is 1. The number of hydrogen-bond acceptors (Lipinski definition) is 7. The van der Waals surface area contributed by atoms with Crippen LogP contribution in [0, 0.1) is 0 Å². The molecule has 4 rings (SSSR count). The van der Waals surface area contributed by atoms with Crippen LogP contribution in [0.25, 0.3) is 22.4 Å². The number of nitrogens with zero attached hydrogens (tertiary/aromatic N) is 4. The van der Waals surface area contributed by atoms with Gasteiger partial charge in [-0.2, -0.15) is 0 Å². The van der Waals surface area contributed by atoms with Crippen molar-refractivity contribution in [1.82, 2.24) is 14.5 Å². The molecule has 0 amide bonds. The van der Waals surface area contributed by atoms with E-state index in [1.807, 2.05) is 31.2 Å². The summed E-state index contributed by atoms with van der Waals surface area (Å²) < 4.78 is 6.95. The summed E-state index contributed by atoms with van der Waals surface area (Å²) in [5.74, 6) is 0.683. The van der Waals surface area contributed by atoms with Gasteiger partial charge in [0.25, 0.3) is 0 Å². The minimum Gasteiger partial charge on any atom is -0.504 e. The Hall–Kier alpha value is -3.98. The first-order valence-corrected chi connectivity index (χ1v) is 10.1. The third kappa shape index (κ3) is 3.85. The number of H-pyrrole nitrogens is 1. The number of carbonyl (C=O) groups excluding carboxylic acids is 1. The van der Waals surface area contributed by atoms with Gasteiger partial charge in [-0.1, -0.05) is 24.3 Å². The maximum Gasteiger partial charge on any atom is 0.200 e. The van der Waals surface area contributed by atoms with Crippen LogP contribution < -0.4 is 5.73 Å². The molecule has 9 heteroatoms. The molecule has 1 atom stereocenters. The average molecular weight is 432 g/mol. The number of para-hydroxylation sites is 2. The van der Waals surface area contributed by atoms with Crippen molar-refractivity contribution >= 4 is 34.1 Å². The van der Waals surface area contributed by atoms with E-state index in [4.69, 9.17) is 10.5 Å². The zero-order valence-corrected chi connectivity index (χ0v) is 18.0. The molecule has 0 saturated heterocycles. The highest BCUT2D eigenvalue weighted by atomic mass is 16.5. The molecule has 0 aliphatic carbocycles. The minimum atomic E-state index is -0.235. The van der Waals surface area contributed by atoms with Crippen LogP contribution in [-0.4, -0.2) is 39.1 Å². The molecule has 4 aromatic rings. The molecular weight excluding hydrogens is 408 g/mol. The lowest BCUT2D eigenvalue weighted by atomic mass is 10.1. The van der Waals surface area contributed by atoms with E-state index in [0.717, 1.165) is 11.0 Å². The standard InChI is InChI=1S/C23H24N6O3/c1-13(12-32-3)29-21(24)19(22-25-17-9-4-5-10-18(17)26-22)20(31)23(29)28-27-16-8-6-7-15(11-16)14(2)30/h4-11,13,31H,12,24H2,1-3H3,(H,25,26). The lowest BCUT2D eigenvalue weighted by Gasteiger charge is -2.16. The number of azo groups is 1. The Morgan fingerprint density at radius 3 is 2.75 bits per heavy atom. The number of aromatic nitrogens is 3. The van der Waals surface area contributed by atoms with Gasteiger partial charge in [0.1, 0.15) is 17.2 Å². The van der Waals surface area contributed by atoms with Crippen LogP contribution in [0.15, 0.2) is 58.8 Å². The lowest BCUT2D eigenvalue weighted by molar-refractivity contribution is 0.101. The number of hydrogen-bond donors (Lipinski definition) is 3. The fourth-order valence-electron chi connectivity index (χ4n) is 3.64. The number of nitrogens with one attached hydrogen (secondary N) is 1. The Bertz CT molecular complexity index is 1290. The first-order valence-electron chi connectivity index (χ1n) is 10.1. The molecule has 32 heavy (non-hydrogen) atoms. The number of rotatable bonds is 7. The Morgan fingerprint density at radius 2 is 2.03 bits per heavy atom. The summed E-state index contributed by atoms with van der Waals surface area (Å²) in [6, 6.07) is 14.1. The molecule has 9 nitrogen and oxygen atoms in total. The number of anilines is 1. The number of nitrogen functional groups attached to an aromatic ring is 1. The second-order valence-corrected chi connectivity index (χ2v) is 7.52. The number of imidazole rings is 1. The highest BCUT2D eigenvalue weighted by Crippen LogP contribution is 2.46. The number of nitrogens with two attached hydrogens (primary N) is 1. The van der Waals surface area contributed by atoms with Crippen LogP contribution in [0.3, 0.4) is 0 Å². The average Bonchev–Trinajstić information content (AvgIpc) is 3.30. The maximum absolute atomic E-state index is 11.7. The van der Waals surface area contributed by atoms with E-state index in [-0.39, 0.29) is 29.2 Å². The van der Waals surface area contributed by atoms with Crippen LogP contribution in [-0.2, 0) is 4.74 Å². The summed E-state index contributed by atoms with van der Waals surface area (Å²) in [4.78, 5) is 19.4. The summed E-state index contributed by atoms with van der Waals surface area (Å²) >= 11 is 0. The van der Waals surface area contributed by atoms with Gasteiger partial charge in [0, 0.05) is 12.7 Å². The van der Waals surface area contributed by atoms with Crippen molar-refractivity contribution in [2.75, 3.05) is 19.5 Å². The van der Waals surface area contributed by atoms with E-state index in [0.29, 0.717) is 29.2 Å². The van der Waals surface area contributed by atoms with Crippen molar-refractivity contribution in [1.29, 1.82) is 0 Å². The first kappa shape index (κ1) is 21.3. The molecule has 2 heterocycles. The SMILES string of the molecule is COCC(C)n1c(N)c(-c2nc3ccccc3[nH]2)c(O)c1N=Nc1cccc(C(C)=O)c1. The first-order chi connectivity index (χ1) is 15.4. The van der Waals surface area contributed by atoms with Gasteiger partial charge in [-0.3, -0.25) is 4.79 Å². The van der Waals surface area contributed by atoms with E-state index in [1.165, 1.54) is 6.92 Å². The molecule has 2 aromatic heterocycles. The topological polar surface area (TPSA) is 131 Å². The Labute approximate surface area is 184 Å². The van der Waals surface area contributed by atoms with E-state index in [1.54, 1.807) is 35.9 Å². The zero-order valence-electron chi connectivity index (χ0n) is 18.0. The molecule has 0 aliphatic rings. The number of Topliss-reactive ketones (excluding diaryl/α,β-unsaturated/α-hetero) is 1. The molecule has 0 aliphatic heterocycles. The molecule has 0 fully saturated rings. The van der Waals surface area contributed by atoms with Crippen molar-refractivity contribution < 1.29 is 14.6 Å². The monoisotopic (exact) mass is 432 g/mol. The Kier molecular flexibility index (Phi) is 5.74. The summed E-state index contributed by atoms with van der Waals surface area (Å²) in [6.07, 6.45) is 0. The van der Waals surface area contributed by atoms with Crippen molar-refractivity contribution in [2.24, 2.45) is 10.2 Å². The molecular formula is C23H24N6O3. The van der Waals surface area contributed by atoms with Gasteiger partial charge >= 0.3 is 0 Å². The third-order valence-corrected chi connectivity index (χ3v) is 5.18. The highest BCUT2D eigenvalue weighted by Gasteiger charge is 2.27. The van der Waals surface area contributed by atoms with Gasteiger partial charge in [-0.15, -0.1) is 10.2 Å². The van der Waals surface area contributed by atoms with Gasteiger partial charge in [0.05, 0.1) is 29.4 Å². The quantitative estimate of drug-likeness (QED) is 0.275. The second-order valence-electron chi connectivity index (χ2n) is 7.52. The number of ketones is 1. The number of methoxy groups -OCH3 is 1. The largest absolute Gasteiger partial charge is 0.504 e. The van der Waals surface area contributed by atoms with Gasteiger partial charge in [0.15, 0.2) is 17.4 Å². The molecule has 2 aromatic carbocycles. The number of aromatic hydroxyl groups is 1. The molecule has 0 bridgehead atoms. The summed E-state index contributed by atoms with van der Waals surface area (Å²) in [6.45, 7) is 3.73. The molecule has 0 radical (unpaired) electrons. The zero-order chi connectivity index (χ0) is 22.8. The lowest BCUT2D eigenvalue weighted by Crippen LogP contribution is -2.13. The van der Waals surface area contributed by atoms with Crippen LogP contribution in [0.4, 0.5) is 17.3 Å². The van der Waals surface area contributed by atoms with Crippen LogP contribution >= 0.6 is 0 Å². The summed E-state index contributed by atoms with van der Waals surface area (Å²) in [7, 11) is 1.59. The van der Waals surface area contributed by atoms with Gasteiger partial charge in [-0.05, 0) is 38.1 Å². The van der Waals surface area contributed by atoms with Crippen molar-refractivity contribution in [3.8, 4) is 17.1 Å². The van der Waals surface area contributed by atoms with Gasteiger partial charge in [-0.25, -0.2) is 4.98 Å². The Balaban J connectivity index is 1.84. The van der Waals surface area contributed by atoms with Crippen LogP contribution in [0.2, 0.25) is 0 Å². The molecule has 0 spiro atoms. The fraction of sp³-hybridized carbons (Fsp3) is 0.217. The molecule has 1 unspecified atom stereocenters. The Morgan fingerprint density at radius 1 is 1.25 bits per heavy atom. The van der Waals surface area contributed by atoms with Crippen LogP contribution in [0.5, 0.6) is 5.75 Å². The molecule has 0 saturated carbocycles. The molecule has 164 valence electrons. The smallest absolute Gasteiger partial charge is 0.200 e. The predicted octanol–water partition coefficient (Wildman–Crippen LogP) is 5.14. The summed E-state index contributed by atoms with van der Waals surface area (Å²) in [5, 5.41) is 19.6. The minimum absolute atomic E-state index is 0.0709. The second kappa shape index (κ2) is 8.64. The highest BCUT2D eigenvalue weighted by molar-refractivity contribution is 5.94. The number of benzene rings is 2. The predicted molar refractivity (Wildman–Crippen MR) is 123 cm³/mol. The number of fused-ring (bicyclic) bond motifs is 1. The van der Waals surface area contributed by atoms with Crippen LogP contribution in [0.1, 0.15) is 30.2 Å². The van der Waals surface area contributed by atoms with Crippen molar-refractivity contribution in [3.05, 3.63) is 54.1 Å². The third-order valence-electron chi connectivity index (χ3n) is 5.18. The number of carbonyl (C=O) groups is 1. The number of ether oxygens (including phenoxy) is 1. The van der Waals surface area contributed by atoms with Gasteiger partial charge < -0.3 is 25.1 Å². The molecule has 4 N–H and O–H groups in total. The summed E-state index contributed by atoms with van der Waals surface area (Å²) in [5.41, 5.74) is 9.39.